The number of nitrogens with one attached hydrogen (secondary N) is 1. The average Bonchev–Trinajstić information content (AvgIpc) is 2.91. The van der Waals surface area contributed by atoms with E-state index in [9.17, 15) is 4.79 Å². The quantitative estimate of drug-likeness (QED) is 0.710. The van der Waals surface area contributed by atoms with Crippen LogP contribution in [0.2, 0.25) is 0 Å². The molecule has 14 heavy (non-hydrogen) atoms. The van der Waals surface area contributed by atoms with Crippen molar-refractivity contribution >= 4 is 6.29 Å². The lowest BCUT2D eigenvalue weighted by atomic mass is 9.97. The van der Waals surface area contributed by atoms with E-state index in [0.29, 0.717) is 0 Å². The van der Waals surface area contributed by atoms with Gasteiger partial charge in [-0.3, -0.25) is 0 Å². The summed E-state index contributed by atoms with van der Waals surface area (Å²) in [4.78, 5) is 14.4. The first-order chi connectivity index (χ1) is 6.84. The first kappa shape index (κ1) is 8.27. The van der Waals surface area contributed by atoms with E-state index in [4.69, 9.17) is 0 Å². The molecular weight excluding hydrogens is 174 g/mol. The van der Waals surface area contributed by atoms with Gasteiger partial charge in [0.15, 0.2) is 0 Å². The van der Waals surface area contributed by atoms with Crippen molar-refractivity contribution in [3.8, 4) is 0 Å². The Morgan fingerprint density at radius 2 is 2.07 bits per heavy atom. The number of carbonyl (C=O) groups excluding carboxylic acids is 1. The summed E-state index contributed by atoms with van der Waals surface area (Å²) in [5.74, 6) is 0. The molecule has 2 heteroatoms. The first-order valence-electron chi connectivity index (χ1n) is 5.52. The number of aromatic amines is 1. The smallest absolute Gasteiger partial charge is 0.132 e. The van der Waals surface area contributed by atoms with Gasteiger partial charge in [-0.2, -0.15) is 0 Å². The van der Waals surface area contributed by atoms with E-state index in [-0.39, 0.29) is 5.41 Å². The van der Waals surface area contributed by atoms with Crippen molar-refractivity contribution in [3.63, 3.8) is 0 Å². The van der Waals surface area contributed by atoms with E-state index in [1.807, 2.05) is 0 Å². The van der Waals surface area contributed by atoms with Crippen LogP contribution in [-0.4, -0.2) is 11.3 Å². The molecule has 0 aromatic carbocycles. The fourth-order valence-electron chi connectivity index (χ4n) is 2.46. The molecule has 3 rings (SSSR count). The summed E-state index contributed by atoms with van der Waals surface area (Å²) in [5, 5.41) is 0. The summed E-state index contributed by atoms with van der Waals surface area (Å²) in [6, 6.07) is 2.23. The van der Waals surface area contributed by atoms with Gasteiger partial charge in [-0.25, -0.2) is 0 Å². The minimum absolute atomic E-state index is 0.114. The number of aromatic nitrogens is 1. The molecular formula is C12H15NO. The second kappa shape index (κ2) is 2.72. The summed E-state index contributed by atoms with van der Waals surface area (Å²) in [6.07, 6.45) is 8.17. The Morgan fingerprint density at radius 1 is 1.29 bits per heavy atom. The van der Waals surface area contributed by atoms with Crippen LogP contribution in [0.4, 0.5) is 0 Å². The summed E-state index contributed by atoms with van der Waals surface area (Å²) in [6.45, 7) is 0. The first-order valence-corrected chi connectivity index (χ1v) is 5.52. The minimum atomic E-state index is -0.114. The van der Waals surface area contributed by atoms with Crippen LogP contribution in [0, 0.1) is 0 Å². The molecule has 0 spiro atoms. The van der Waals surface area contributed by atoms with E-state index in [0.717, 1.165) is 19.1 Å². The Kier molecular flexibility index (Phi) is 1.61. The second-order valence-corrected chi connectivity index (χ2v) is 4.67. The second-order valence-electron chi connectivity index (χ2n) is 4.67. The zero-order valence-corrected chi connectivity index (χ0v) is 8.31. The molecule has 1 saturated carbocycles. The normalized spacial score (nSPS) is 22.9. The van der Waals surface area contributed by atoms with Crippen molar-refractivity contribution in [2.75, 3.05) is 0 Å². The van der Waals surface area contributed by atoms with E-state index < -0.39 is 0 Å². The highest BCUT2D eigenvalue weighted by molar-refractivity contribution is 5.72. The van der Waals surface area contributed by atoms with Crippen LogP contribution in [0.3, 0.4) is 0 Å². The summed E-state index contributed by atoms with van der Waals surface area (Å²) < 4.78 is 0. The molecule has 2 aliphatic carbocycles. The molecule has 1 fully saturated rings. The number of hydrogen-bond donors (Lipinski definition) is 1. The molecule has 0 aliphatic heterocycles. The molecule has 0 radical (unpaired) electrons. The monoisotopic (exact) mass is 189 g/mol. The van der Waals surface area contributed by atoms with Gasteiger partial charge in [-0.1, -0.05) is 0 Å². The van der Waals surface area contributed by atoms with Crippen LogP contribution in [-0.2, 0) is 23.1 Å². The van der Waals surface area contributed by atoms with Gasteiger partial charge in [0.05, 0.1) is 5.41 Å². The predicted octanol–water partition coefficient (Wildman–Crippen LogP) is 2.12. The van der Waals surface area contributed by atoms with Gasteiger partial charge in [0.25, 0.3) is 0 Å². The van der Waals surface area contributed by atoms with Crippen molar-refractivity contribution in [3.05, 3.63) is 23.0 Å². The van der Waals surface area contributed by atoms with Crippen LogP contribution in [0.5, 0.6) is 0 Å². The van der Waals surface area contributed by atoms with Gasteiger partial charge >= 0.3 is 0 Å². The van der Waals surface area contributed by atoms with Crippen LogP contribution >= 0.6 is 0 Å². The maximum atomic E-state index is 11.0. The van der Waals surface area contributed by atoms with Gasteiger partial charge in [0.1, 0.15) is 6.29 Å². The average molecular weight is 189 g/mol. The van der Waals surface area contributed by atoms with Gasteiger partial charge in [-0.15, -0.1) is 0 Å². The fourth-order valence-corrected chi connectivity index (χ4v) is 2.46. The maximum Gasteiger partial charge on any atom is 0.132 e. The number of H-pyrrole nitrogens is 1. The van der Waals surface area contributed by atoms with Crippen molar-refractivity contribution in [1.82, 2.24) is 4.98 Å². The van der Waals surface area contributed by atoms with E-state index in [2.05, 4.69) is 11.1 Å². The number of carbonyl (C=O) groups is 1. The Bertz CT molecular complexity index is 350. The summed E-state index contributed by atoms with van der Waals surface area (Å²) >= 11 is 0. The molecule has 1 aromatic heterocycles. The Morgan fingerprint density at radius 3 is 2.71 bits per heavy atom. The third-order valence-corrected chi connectivity index (χ3v) is 3.67. The Hall–Kier alpha value is -1.05. The SMILES string of the molecule is O=CC1(c2cc3c([nH]2)CCCC3)CC1. The van der Waals surface area contributed by atoms with Crippen molar-refractivity contribution in [2.24, 2.45) is 0 Å². The third kappa shape index (κ3) is 1.06. The number of rotatable bonds is 2. The molecule has 1 N–H and O–H groups in total. The molecule has 1 aromatic rings. The number of aryl methyl sites for hydroxylation is 2. The molecule has 0 amide bonds. The van der Waals surface area contributed by atoms with Gasteiger partial charge in [-0.05, 0) is 50.2 Å². The Balaban J connectivity index is 2.00. The van der Waals surface area contributed by atoms with Crippen LogP contribution in [0.1, 0.15) is 42.6 Å². The number of hydrogen-bond acceptors (Lipinski definition) is 1. The molecule has 2 nitrogen and oxygen atoms in total. The number of aldehydes is 1. The van der Waals surface area contributed by atoms with Crippen molar-refractivity contribution in [2.45, 2.75) is 43.9 Å². The largest absolute Gasteiger partial charge is 0.361 e. The molecule has 0 bridgehead atoms. The molecule has 74 valence electrons. The lowest BCUT2D eigenvalue weighted by Crippen LogP contribution is -2.08. The maximum absolute atomic E-state index is 11.0. The standard InChI is InChI=1S/C12H15NO/c14-8-12(5-6-12)11-7-9-3-1-2-4-10(9)13-11/h7-8,13H,1-6H2. The molecule has 2 aliphatic rings. The highest BCUT2D eigenvalue weighted by atomic mass is 16.1. The van der Waals surface area contributed by atoms with E-state index >= 15 is 0 Å². The topological polar surface area (TPSA) is 32.9 Å². The van der Waals surface area contributed by atoms with Crippen LogP contribution < -0.4 is 0 Å². The highest BCUT2D eigenvalue weighted by Crippen LogP contribution is 2.46. The summed E-state index contributed by atoms with van der Waals surface area (Å²) in [7, 11) is 0. The third-order valence-electron chi connectivity index (χ3n) is 3.67. The number of fused-ring (bicyclic) bond motifs is 1. The van der Waals surface area contributed by atoms with Crippen LogP contribution in [0.25, 0.3) is 0 Å². The zero-order chi connectivity index (χ0) is 9.60. The molecule has 0 saturated heterocycles. The zero-order valence-electron chi connectivity index (χ0n) is 8.31. The summed E-state index contributed by atoms with van der Waals surface area (Å²) in [5.41, 5.74) is 3.91. The van der Waals surface area contributed by atoms with E-state index in [1.165, 1.54) is 42.6 Å². The Labute approximate surface area is 83.7 Å². The van der Waals surface area contributed by atoms with Crippen molar-refractivity contribution in [1.29, 1.82) is 0 Å². The molecule has 1 heterocycles. The van der Waals surface area contributed by atoms with Gasteiger partial charge in [0.2, 0.25) is 0 Å². The minimum Gasteiger partial charge on any atom is -0.361 e. The predicted molar refractivity (Wildman–Crippen MR) is 54.4 cm³/mol. The fraction of sp³-hybridized carbons (Fsp3) is 0.583. The van der Waals surface area contributed by atoms with Crippen LogP contribution in [0.15, 0.2) is 6.07 Å². The van der Waals surface area contributed by atoms with Gasteiger partial charge in [0, 0.05) is 11.4 Å². The van der Waals surface area contributed by atoms with E-state index in [1.54, 1.807) is 0 Å². The molecule has 0 unspecified atom stereocenters. The lowest BCUT2D eigenvalue weighted by molar-refractivity contribution is -0.109. The lowest BCUT2D eigenvalue weighted by Gasteiger charge is -2.09. The van der Waals surface area contributed by atoms with Gasteiger partial charge < -0.3 is 9.78 Å². The van der Waals surface area contributed by atoms with Crippen molar-refractivity contribution < 1.29 is 4.79 Å². The molecule has 0 atom stereocenters. The highest BCUT2D eigenvalue weighted by Gasteiger charge is 2.45.